The molecule has 0 aliphatic carbocycles. The number of benzene rings is 1. The molecule has 0 radical (unpaired) electrons. The van der Waals surface area contributed by atoms with Crippen molar-refractivity contribution in [2.45, 2.75) is 19.6 Å². The third-order valence-corrected chi connectivity index (χ3v) is 4.10. The van der Waals surface area contributed by atoms with Crippen LogP contribution in [0.2, 0.25) is 5.02 Å². The maximum absolute atomic E-state index is 13.0. The van der Waals surface area contributed by atoms with Gasteiger partial charge in [-0.3, -0.25) is 4.79 Å². The van der Waals surface area contributed by atoms with E-state index in [0.717, 1.165) is 6.07 Å². The molecule has 1 unspecified atom stereocenters. The summed E-state index contributed by atoms with van der Waals surface area (Å²) >= 11 is 5.89. The first-order chi connectivity index (χ1) is 12.5. The third-order valence-electron chi connectivity index (χ3n) is 3.80. The number of amides is 1. The van der Waals surface area contributed by atoms with E-state index in [2.05, 4.69) is 10.1 Å². The highest BCUT2D eigenvalue weighted by atomic mass is 35.5. The summed E-state index contributed by atoms with van der Waals surface area (Å²) in [6.07, 6.45) is 2.69. The van der Waals surface area contributed by atoms with Gasteiger partial charge in [0, 0.05) is 13.1 Å². The number of carbonyl (C=O) groups excluding carboxylic acids is 1. The van der Waals surface area contributed by atoms with Crippen LogP contribution in [-0.2, 0) is 6.61 Å². The van der Waals surface area contributed by atoms with Crippen molar-refractivity contribution in [2.24, 2.45) is 0 Å². The molecule has 0 N–H and O–H groups in total. The number of rotatable bonds is 6. The van der Waals surface area contributed by atoms with Gasteiger partial charge in [-0.25, -0.2) is 9.37 Å². The van der Waals surface area contributed by atoms with Gasteiger partial charge in [-0.15, -0.1) is 0 Å². The van der Waals surface area contributed by atoms with Gasteiger partial charge in [0.1, 0.15) is 29.8 Å². The molecular weight excluding hydrogens is 365 g/mol. The number of nitrogens with zero attached hydrogens (tertiary/aromatic N) is 3. The average molecular weight is 380 g/mol. The highest BCUT2D eigenvalue weighted by molar-refractivity contribution is 6.32. The van der Waals surface area contributed by atoms with Crippen LogP contribution in [0.3, 0.4) is 0 Å². The fourth-order valence-electron chi connectivity index (χ4n) is 2.20. The number of hydrogen-bond donors (Lipinski definition) is 0. The molecule has 0 fully saturated rings. The zero-order valence-corrected chi connectivity index (χ0v) is 14.7. The number of hydrogen-bond acceptors (Lipinski definition) is 6. The SMILES string of the molecule is CC(c1ccon1)N(C)C(=O)c1coc(COc2ccc(F)cc2Cl)n1. The number of aromatic nitrogens is 2. The minimum Gasteiger partial charge on any atom is -0.482 e. The second-order valence-corrected chi connectivity index (χ2v) is 5.91. The average Bonchev–Trinajstić information content (AvgIpc) is 3.31. The monoisotopic (exact) mass is 379 g/mol. The highest BCUT2D eigenvalue weighted by Gasteiger charge is 2.23. The fraction of sp³-hybridized carbons (Fsp3) is 0.235. The number of halogens is 2. The lowest BCUT2D eigenvalue weighted by molar-refractivity contribution is 0.0731. The van der Waals surface area contributed by atoms with Gasteiger partial charge in [0.15, 0.2) is 12.3 Å². The van der Waals surface area contributed by atoms with Crippen LogP contribution in [0.25, 0.3) is 0 Å². The van der Waals surface area contributed by atoms with Crippen LogP contribution in [0, 0.1) is 5.82 Å². The smallest absolute Gasteiger partial charge is 0.276 e. The summed E-state index contributed by atoms with van der Waals surface area (Å²) in [5.74, 6) is -0.321. The predicted octanol–water partition coefficient (Wildman–Crippen LogP) is 3.87. The van der Waals surface area contributed by atoms with Crippen LogP contribution >= 0.6 is 11.6 Å². The molecule has 1 aromatic carbocycles. The van der Waals surface area contributed by atoms with Crippen LogP contribution < -0.4 is 4.74 Å². The van der Waals surface area contributed by atoms with Crippen molar-refractivity contribution < 1.29 is 22.9 Å². The predicted molar refractivity (Wildman–Crippen MR) is 89.3 cm³/mol. The lowest BCUT2D eigenvalue weighted by Crippen LogP contribution is -2.30. The minimum absolute atomic E-state index is 0.0544. The Morgan fingerprint density at radius 3 is 2.92 bits per heavy atom. The van der Waals surface area contributed by atoms with Crippen molar-refractivity contribution in [2.75, 3.05) is 7.05 Å². The molecule has 136 valence electrons. The van der Waals surface area contributed by atoms with E-state index < -0.39 is 5.82 Å². The Balaban J connectivity index is 1.64. The van der Waals surface area contributed by atoms with Crippen molar-refractivity contribution in [1.29, 1.82) is 0 Å². The lowest BCUT2D eigenvalue weighted by atomic mass is 10.2. The minimum atomic E-state index is -0.462. The maximum Gasteiger partial charge on any atom is 0.276 e. The molecular formula is C17H15ClFN3O4. The van der Waals surface area contributed by atoms with Gasteiger partial charge in [-0.1, -0.05) is 16.8 Å². The molecule has 3 rings (SSSR count). The Bertz CT molecular complexity index is 897. The van der Waals surface area contributed by atoms with Gasteiger partial charge in [0.25, 0.3) is 5.91 Å². The molecule has 3 aromatic rings. The van der Waals surface area contributed by atoms with E-state index >= 15 is 0 Å². The second kappa shape index (κ2) is 7.57. The van der Waals surface area contributed by atoms with Crippen LogP contribution in [0.4, 0.5) is 4.39 Å². The summed E-state index contributed by atoms with van der Waals surface area (Å²) in [4.78, 5) is 18.1. The van der Waals surface area contributed by atoms with E-state index in [1.165, 1.54) is 29.6 Å². The van der Waals surface area contributed by atoms with E-state index in [9.17, 15) is 9.18 Å². The summed E-state index contributed by atoms with van der Waals surface area (Å²) in [7, 11) is 1.63. The third kappa shape index (κ3) is 3.85. The topological polar surface area (TPSA) is 81.6 Å². The van der Waals surface area contributed by atoms with Crippen molar-refractivity contribution in [3.8, 4) is 5.75 Å². The molecule has 1 amide bonds. The van der Waals surface area contributed by atoms with Gasteiger partial charge in [0.2, 0.25) is 5.89 Å². The number of carbonyl (C=O) groups is 1. The number of ether oxygens (including phenoxy) is 1. The molecule has 0 aliphatic heterocycles. The molecule has 1 atom stereocenters. The Kier molecular flexibility index (Phi) is 5.22. The lowest BCUT2D eigenvalue weighted by Gasteiger charge is -2.21. The van der Waals surface area contributed by atoms with E-state index in [4.69, 9.17) is 25.3 Å². The van der Waals surface area contributed by atoms with Crippen LogP contribution in [0.5, 0.6) is 5.75 Å². The van der Waals surface area contributed by atoms with Crippen molar-refractivity contribution in [3.63, 3.8) is 0 Å². The standard InChI is InChI=1S/C17H15ClFN3O4/c1-10(13-5-6-26-21-13)22(2)17(23)14-8-25-16(20-14)9-24-15-4-3-11(19)7-12(15)18/h3-8,10H,9H2,1-2H3. The molecule has 2 heterocycles. The fourth-order valence-corrected chi connectivity index (χ4v) is 2.42. The molecule has 9 heteroatoms. The van der Waals surface area contributed by atoms with Crippen molar-refractivity contribution in [3.05, 3.63) is 64.9 Å². The summed E-state index contributed by atoms with van der Waals surface area (Å²) in [5, 5.41) is 3.96. The molecule has 0 bridgehead atoms. The first-order valence-electron chi connectivity index (χ1n) is 7.65. The number of oxazole rings is 1. The summed E-state index contributed by atoms with van der Waals surface area (Å²) < 4.78 is 28.5. The maximum atomic E-state index is 13.0. The Morgan fingerprint density at radius 1 is 1.42 bits per heavy atom. The quantitative estimate of drug-likeness (QED) is 0.646. The molecule has 0 saturated carbocycles. The molecule has 2 aromatic heterocycles. The van der Waals surface area contributed by atoms with Crippen molar-refractivity contribution >= 4 is 17.5 Å². The van der Waals surface area contributed by atoms with Gasteiger partial charge in [0.05, 0.1) is 11.1 Å². The van der Waals surface area contributed by atoms with Gasteiger partial charge in [-0.2, -0.15) is 0 Å². The van der Waals surface area contributed by atoms with Gasteiger partial charge in [-0.05, 0) is 25.1 Å². The molecule has 26 heavy (non-hydrogen) atoms. The molecule has 7 nitrogen and oxygen atoms in total. The Hall–Kier alpha value is -2.87. The normalized spacial score (nSPS) is 12.0. The zero-order chi connectivity index (χ0) is 18.7. The largest absolute Gasteiger partial charge is 0.482 e. The van der Waals surface area contributed by atoms with Crippen molar-refractivity contribution in [1.82, 2.24) is 15.0 Å². The first kappa shape index (κ1) is 17.9. The Morgan fingerprint density at radius 2 is 2.23 bits per heavy atom. The highest BCUT2D eigenvalue weighted by Crippen LogP contribution is 2.26. The summed E-state index contributed by atoms with van der Waals surface area (Å²) in [6, 6.07) is 5.16. The first-order valence-corrected chi connectivity index (χ1v) is 8.03. The van der Waals surface area contributed by atoms with Crippen LogP contribution in [0.1, 0.15) is 35.0 Å². The van der Waals surface area contributed by atoms with E-state index in [1.54, 1.807) is 13.1 Å². The molecule has 0 spiro atoms. The summed E-state index contributed by atoms with van der Waals surface area (Å²) in [6.45, 7) is 1.76. The van der Waals surface area contributed by atoms with Gasteiger partial charge < -0.3 is 18.6 Å². The Labute approximate surface area is 153 Å². The zero-order valence-electron chi connectivity index (χ0n) is 14.0. The van der Waals surface area contributed by atoms with E-state index in [1.807, 2.05) is 6.92 Å². The second-order valence-electron chi connectivity index (χ2n) is 5.51. The van der Waals surface area contributed by atoms with Crippen LogP contribution in [-0.4, -0.2) is 28.0 Å². The molecule has 0 saturated heterocycles. The van der Waals surface area contributed by atoms with Crippen LogP contribution in [0.15, 0.2) is 45.7 Å². The molecule has 0 aliphatic rings. The van der Waals surface area contributed by atoms with Gasteiger partial charge >= 0.3 is 0 Å². The van der Waals surface area contributed by atoms with E-state index in [0.29, 0.717) is 5.69 Å². The summed E-state index contributed by atoms with van der Waals surface area (Å²) in [5.41, 5.74) is 0.755. The van der Waals surface area contributed by atoms with E-state index in [-0.39, 0.29) is 40.9 Å².